The van der Waals surface area contributed by atoms with Gasteiger partial charge in [-0.25, -0.2) is 0 Å². The highest BCUT2D eigenvalue weighted by Crippen LogP contribution is 2.25. The van der Waals surface area contributed by atoms with Crippen molar-refractivity contribution >= 4 is 5.91 Å². The molecule has 136 valence electrons. The second-order valence-corrected chi connectivity index (χ2v) is 7.04. The van der Waals surface area contributed by atoms with Gasteiger partial charge >= 0.3 is 0 Å². The third-order valence-electron chi connectivity index (χ3n) is 5.21. The number of amides is 1. The van der Waals surface area contributed by atoms with Gasteiger partial charge in [-0.05, 0) is 65.6 Å². The van der Waals surface area contributed by atoms with Gasteiger partial charge in [0.05, 0.1) is 5.56 Å². The van der Waals surface area contributed by atoms with Crippen molar-refractivity contribution in [1.82, 2.24) is 19.9 Å². The van der Waals surface area contributed by atoms with Crippen LogP contribution in [-0.2, 0) is 0 Å². The van der Waals surface area contributed by atoms with Crippen molar-refractivity contribution < 1.29 is 9.32 Å². The van der Waals surface area contributed by atoms with Crippen molar-refractivity contribution in [1.29, 1.82) is 0 Å². The third-order valence-corrected chi connectivity index (χ3v) is 5.21. The predicted octanol–water partition coefficient (Wildman–Crippen LogP) is 2.85. The molecule has 2 aromatic rings. The zero-order valence-electron chi connectivity index (χ0n) is 15.6. The van der Waals surface area contributed by atoms with Gasteiger partial charge in [0.1, 0.15) is 5.76 Å². The van der Waals surface area contributed by atoms with Gasteiger partial charge in [-0.3, -0.25) is 9.36 Å². The molecule has 3 heterocycles. The van der Waals surface area contributed by atoms with E-state index in [1.807, 2.05) is 49.4 Å². The maximum Gasteiger partial charge on any atom is 0.255 e. The van der Waals surface area contributed by atoms with Gasteiger partial charge in [-0.15, -0.1) is 0 Å². The molecular formula is C19H28N4O2. The SMILES string of the molecule is CNCCC1CCN(C(=O)c2cc(C)n(-c3cc(C)on3)c2C)CC1. The molecule has 0 saturated carbocycles. The van der Waals surface area contributed by atoms with Crippen molar-refractivity contribution in [3.05, 3.63) is 34.8 Å². The van der Waals surface area contributed by atoms with Crippen LogP contribution in [0.2, 0.25) is 0 Å². The summed E-state index contributed by atoms with van der Waals surface area (Å²) >= 11 is 0. The average molecular weight is 344 g/mol. The molecule has 1 aliphatic heterocycles. The Morgan fingerprint density at radius 3 is 2.60 bits per heavy atom. The van der Waals surface area contributed by atoms with Crippen molar-refractivity contribution in [2.75, 3.05) is 26.7 Å². The van der Waals surface area contributed by atoms with Crippen LogP contribution in [0.5, 0.6) is 0 Å². The molecule has 2 aromatic heterocycles. The Morgan fingerprint density at radius 2 is 2.00 bits per heavy atom. The molecule has 1 saturated heterocycles. The van der Waals surface area contributed by atoms with E-state index in [4.69, 9.17) is 4.52 Å². The second-order valence-electron chi connectivity index (χ2n) is 7.04. The maximum absolute atomic E-state index is 13.0. The van der Waals surface area contributed by atoms with Crippen LogP contribution >= 0.6 is 0 Å². The number of hydrogen-bond acceptors (Lipinski definition) is 4. The van der Waals surface area contributed by atoms with Crippen molar-refractivity contribution in [3.63, 3.8) is 0 Å². The number of nitrogens with one attached hydrogen (secondary N) is 1. The van der Waals surface area contributed by atoms with Gasteiger partial charge in [-0.1, -0.05) is 5.16 Å². The summed E-state index contributed by atoms with van der Waals surface area (Å²) in [6, 6.07) is 3.86. The molecule has 25 heavy (non-hydrogen) atoms. The summed E-state index contributed by atoms with van der Waals surface area (Å²) in [7, 11) is 1.99. The number of carbonyl (C=O) groups excluding carboxylic acids is 1. The Labute approximate surface area is 149 Å². The molecule has 0 atom stereocenters. The first-order chi connectivity index (χ1) is 12.0. The molecule has 0 unspecified atom stereocenters. The first kappa shape index (κ1) is 17.7. The molecule has 0 bridgehead atoms. The van der Waals surface area contributed by atoms with E-state index in [0.717, 1.165) is 66.9 Å². The van der Waals surface area contributed by atoms with Crippen LogP contribution < -0.4 is 5.32 Å². The standard InChI is InChI=1S/C19H28N4O2/c1-13-11-17(15(3)23(13)18-12-14(2)25-21-18)19(24)22-9-6-16(7-10-22)5-8-20-4/h11-12,16,20H,5-10H2,1-4H3. The van der Waals surface area contributed by atoms with Crippen LogP contribution in [0, 0.1) is 26.7 Å². The van der Waals surface area contributed by atoms with E-state index >= 15 is 0 Å². The predicted molar refractivity (Wildman–Crippen MR) is 97.2 cm³/mol. The third kappa shape index (κ3) is 3.63. The highest BCUT2D eigenvalue weighted by Gasteiger charge is 2.26. The number of piperidine rings is 1. The summed E-state index contributed by atoms with van der Waals surface area (Å²) in [5.74, 6) is 2.35. The van der Waals surface area contributed by atoms with Gasteiger partial charge in [0.2, 0.25) is 0 Å². The molecule has 6 heteroatoms. The fourth-order valence-electron chi connectivity index (χ4n) is 3.73. The summed E-state index contributed by atoms with van der Waals surface area (Å²) < 4.78 is 7.18. The minimum Gasteiger partial charge on any atom is -0.360 e. The van der Waals surface area contributed by atoms with E-state index in [2.05, 4.69) is 10.5 Å². The minimum absolute atomic E-state index is 0.131. The Kier molecular flexibility index (Phi) is 5.27. The average Bonchev–Trinajstić information content (AvgIpc) is 3.15. The van der Waals surface area contributed by atoms with E-state index in [1.165, 1.54) is 6.42 Å². The lowest BCUT2D eigenvalue weighted by Crippen LogP contribution is -2.39. The number of aromatic nitrogens is 2. The lowest BCUT2D eigenvalue weighted by Gasteiger charge is -2.32. The van der Waals surface area contributed by atoms with E-state index in [0.29, 0.717) is 0 Å². The topological polar surface area (TPSA) is 63.3 Å². The monoisotopic (exact) mass is 344 g/mol. The summed E-state index contributed by atoms with van der Waals surface area (Å²) in [5.41, 5.74) is 2.69. The Hall–Kier alpha value is -2.08. The molecule has 0 radical (unpaired) electrons. The maximum atomic E-state index is 13.0. The van der Waals surface area contributed by atoms with Crippen molar-refractivity contribution in [3.8, 4) is 5.82 Å². The fourth-order valence-corrected chi connectivity index (χ4v) is 3.73. The number of carbonyl (C=O) groups is 1. The summed E-state index contributed by atoms with van der Waals surface area (Å²) in [6.07, 6.45) is 3.38. The molecule has 3 rings (SSSR count). The smallest absolute Gasteiger partial charge is 0.255 e. The molecule has 0 aromatic carbocycles. The van der Waals surface area contributed by atoms with Gasteiger partial charge in [0, 0.05) is 30.5 Å². The van der Waals surface area contributed by atoms with E-state index in [-0.39, 0.29) is 5.91 Å². The van der Waals surface area contributed by atoms with Crippen LogP contribution in [0.15, 0.2) is 16.7 Å². The highest BCUT2D eigenvalue weighted by atomic mass is 16.5. The zero-order chi connectivity index (χ0) is 18.0. The van der Waals surface area contributed by atoms with Gasteiger partial charge < -0.3 is 14.7 Å². The van der Waals surface area contributed by atoms with Gasteiger partial charge in [0.15, 0.2) is 5.82 Å². The first-order valence-corrected chi connectivity index (χ1v) is 9.07. The number of likely N-dealkylation sites (tertiary alicyclic amines) is 1. The Balaban J connectivity index is 1.73. The summed E-state index contributed by atoms with van der Waals surface area (Å²) in [4.78, 5) is 15.0. The van der Waals surface area contributed by atoms with Crippen molar-refractivity contribution in [2.24, 2.45) is 5.92 Å². The molecule has 0 spiro atoms. The number of hydrogen-bond donors (Lipinski definition) is 1. The van der Waals surface area contributed by atoms with Crippen LogP contribution in [-0.4, -0.2) is 47.2 Å². The van der Waals surface area contributed by atoms with Crippen molar-refractivity contribution in [2.45, 2.75) is 40.0 Å². The van der Waals surface area contributed by atoms with Gasteiger partial charge in [0.25, 0.3) is 5.91 Å². The number of aryl methyl sites for hydroxylation is 2. The van der Waals surface area contributed by atoms with Crippen LogP contribution in [0.1, 0.15) is 46.8 Å². The number of nitrogens with zero attached hydrogens (tertiary/aromatic N) is 3. The molecule has 1 fully saturated rings. The highest BCUT2D eigenvalue weighted by molar-refractivity contribution is 5.96. The minimum atomic E-state index is 0.131. The molecule has 1 amide bonds. The molecular weight excluding hydrogens is 316 g/mol. The first-order valence-electron chi connectivity index (χ1n) is 9.07. The molecule has 1 aliphatic rings. The molecule has 0 aliphatic carbocycles. The van der Waals surface area contributed by atoms with E-state index < -0.39 is 0 Å². The Bertz CT molecular complexity index is 739. The number of rotatable bonds is 5. The summed E-state index contributed by atoms with van der Waals surface area (Å²) in [5, 5.41) is 7.30. The lowest BCUT2D eigenvalue weighted by molar-refractivity contribution is 0.0686. The van der Waals surface area contributed by atoms with Crippen LogP contribution in [0.3, 0.4) is 0 Å². The molecule has 1 N–H and O–H groups in total. The lowest BCUT2D eigenvalue weighted by atomic mass is 9.93. The van der Waals surface area contributed by atoms with E-state index in [9.17, 15) is 4.79 Å². The van der Waals surface area contributed by atoms with Crippen LogP contribution in [0.25, 0.3) is 5.82 Å². The molecule has 6 nitrogen and oxygen atoms in total. The zero-order valence-corrected chi connectivity index (χ0v) is 15.6. The largest absolute Gasteiger partial charge is 0.360 e. The fraction of sp³-hybridized carbons (Fsp3) is 0.579. The normalized spacial score (nSPS) is 15.8. The summed E-state index contributed by atoms with van der Waals surface area (Å²) in [6.45, 7) is 8.59. The van der Waals surface area contributed by atoms with Crippen LogP contribution in [0.4, 0.5) is 0 Å². The Morgan fingerprint density at radius 1 is 1.28 bits per heavy atom. The second kappa shape index (κ2) is 7.44. The van der Waals surface area contributed by atoms with E-state index in [1.54, 1.807) is 0 Å². The van der Waals surface area contributed by atoms with Gasteiger partial charge in [-0.2, -0.15) is 0 Å². The quantitative estimate of drug-likeness (QED) is 0.906.